The first-order chi connectivity index (χ1) is 15.2. The highest BCUT2D eigenvalue weighted by Gasteiger charge is 2.31. The number of nitrogens with one attached hydrogen (secondary N) is 1. The quantitative estimate of drug-likeness (QED) is 0.702. The average molecular weight is 426 g/mol. The average Bonchev–Trinajstić information content (AvgIpc) is 3.23. The van der Waals surface area contributed by atoms with Gasteiger partial charge in [0.15, 0.2) is 5.76 Å². The zero-order valence-corrected chi connectivity index (χ0v) is 18.6. The fraction of sp³-hybridized carbons (Fsp3) is 0.600. The predicted molar refractivity (Wildman–Crippen MR) is 119 cm³/mol. The molecule has 0 radical (unpaired) electrons. The van der Waals surface area contributed by atoms with Crippen molar-refractivity contribution in [1.29, 1.82) is 0 Å². The molecule has 0 unspecified atom stereocenters. The van der Waals surface area contributed by atoms with Crippen LogP contribution in [0, 0.1) is 17.8 Å². The molecule has 0 bridgehead atoms. The molecule has 3 heterocycles. The summed E-state index contributed by atoms with van der Waals surface area (Å²) >= 11 is 0. The zero-order chi connectivity index (χ0) is 21.5. The smallest absolute Gasteiger partial charge is 0.222 e. The van der Waals surface area contributed by atoms with Crippen molar-refractivity contribution in [2.75, 3.05) is 33.3 Å². The van der Waals surface area contributed by atoms with Gasteiger partial charge < -0.3 is 19.5 Å². The first-order valence-electron chi connectivity index (χ1n) is 11.7. The van der Waals surface area contributed by atoms with E-state index in [-0.39, 0.29) is 0 Å². The van der Waals surface area contributed by atoms with Crippen LogP contribution in [0.3, 0.4) is 0 Å². The second kappa shape index (κ2) is 10.9. The van der Waals surface area contributed by atoms with Gasteiger partial charge in [0, 0.05) is 32.7 Å². The van der Waals surface area contributed by atoms with Crippen molar-refractivity contribution in [2.24, 2.45) is 17.8 Å². The summed E-state index contributed by atoms with van der Waals surface area (Å²) in [7, 11) is 1.65. The molecule has 4 rings (SSSR count). The van der Waals surface area contributed by atoms with Gasteiger partial charge >= 0.3 is 0 Å². The van der Waals surface area contributed by atoms with E-state index in [4.69, 9.17) is 9.26 Å². The monoisotopic (exact) mass is 425 g/mol. The molecule has 168 valence electrons. The number of carbonyl (C=O) groups is 1. The van der Waals surface area contributed by atoms with E-state index in [9.17, 15) is 4.79 Å². The molecular formula is C25H35N3O3. The molecule has 0 aliphatic carbocycles. The largest absolute Gasteiger partial charge is 0.377 e. The summed E-state index contributed by atoms with van der Waals surface area (Å²) in [6.07, 6.45) is 5.89. The molecule has 0 spiro atoms. The van der Waals surface area contributed by atoms with Crippen LogP contribution in [0.5, 0.6) is 0 Å². The van der Waals surface area contributed by atoms with E-state index in [2.05, 4.69) is 45.7 Å². The van der Waals surface area contributed by atoms with Crippen molar-refractivity contribution in [3.63, 3.8) is 0 Å². The first-order valence-corrected chi connectivity index (χ1v) is 11.7. The van der Waals surface area contributed by atoms with Crippen LogP contribution >= 0.6 is 0 Å². The van der Waals surface area contributed by atoms with Crippen LogP contribution in [0.25, 0.3) is 0 Å². The Labute approximate surface area is 185 Å². The van der Waals surface area contributed by atoms with Gasteiger partial charge in [-0.15, -0.1) is 0 Å². The molecule has 2 aliphatic rings. The number of ether oxygens (including phenoxy) is 1. The lowest BCUT2D eigenvalue weighted by atomic mass is 9.80. The minimum Gasteiger partial charge on any atom is -0.377 e. The van der Waals surface area contributed by atoms with Crippen molar-refractivity contribution >= 4 is 5.91 Å². The second-order valence-electron chi connectivity index (χ2n) is 9.15. The van der Waals surface area contributed by atoms with Gasteiger partial charge in [-0.05, 0) is 68.5 Å². The maximum atomic E-state index is 13.1. The molecule has 6 nitrogen and oxygen atoms in total. The maximum Gasteiger partial charge on any atom is 0.222 e. The highest BCUT2D eigenvalue weighted by molar-refractivity contribution is 5.76. The lowest BCUT2D eigenvalue weighted by Crippen LogP contribution is -2.43. The normalized spacial score (nSPS) is 22.5. The molecule has 2 aromatic rings. The Morgan fingerprint density at radius 3 is 2.74 bits per heavy atom. The lowest BCUT2D eigenvalue weighted by molar-refractivity contribution is -0.134. The van der Waals surface area contributed by atoms with E-state index in [0.717, 1.165) is 69.7 Å². The van der Waals surface area contributed by atoms with Crippen LogP contribution < -0.4 is 5.32 Å². The number of benzene rings is 1. The SMILES string of the molecule is COCc1cc(C[C@H]2CNCC[C@H]2CC(=O)N2CCC(Cc3ccccc3)CC2)no1. The van der Waals surface area contributed by atoms with Gasteiger partial charge in [0.2, 0.25) is 5.91 Å². The van der Waals surface area contributed by atoms with Gasteiger partial charge in [-0.1, -0.05) is 35.5 Å². The highest BCUT2D eigenvalue weighted by atomic mass is 16.5. The molecule has 31 heavy (non-hydrogen) atoms. The minimum atomic E-state index is 0.329. The standard InChI is InChI=1S/C25H35N3O3/c1-30-18-24-16-23(27-31-24)14-22-17-26-10-7-21(22)15-25(29)28-11-8-20(9-12-28)13-19-5-3-2-4-6-19/h2-6,16,20-22,26H,7-15,17-18H2,1H3/t21-,22-/m0/s1. The summed E-state index contributed by atoms with van der Waals surface area (Å²) in [5, 5.41) is 7.69. The number of methoxy groups -OCH3 is 1. The minimum absolute atomic E-state index is 0.329. The number of hydrogen-bond acceptors (Lipinski definition) is 5. The first kappa shape index (κ1) is 22.0. The Hall–Kier alpha value is -2.18. The number of carbonyl (C=O) groups excluding carboxylic acids is 1. The van der Waals surface area contributed by atoms with Crippen LogP contribution in [-0.4, -0.2) is 49.3 Å². The number of likely N-dealkylation sites (tertiary alicyclic amines) is 1. The molecule has 1 amide bonds. The molecule has 2 fully saturated rings. The Balaban J connectivity index is 1.26. The van der Waals surface area contributed by atoms with E-state index in [1.807, 2.05) is 6.07 Å². The fourth-order valence-electron chi connectivity index (χ4n) is 5.10. The molecule has 0 saturated carbocycles. The van der Waals surface area contributed by atoms with Gasteiger partial charge in [-0.25, -0.2) is 0 Å². The van der Waals surface area contributed by atoms with E-state index in [1.54, 1.807) is 7.11 Å². The summed E-state index contributed by atoms with van der Waals surface area (Å²) in [5.74, 6) is 2.58. The van der Waals surface area contributed by atoms with Crippen LogP contribution in [0.1, 0.15) is 42.7 Å². The van der Waals surface area contributed by atoms with Gasteiger partial charge in [-0.3, -0.25) is 4.79 Å². The van der Waals surface area contributed by atoms with E-state index < -0.39 is 0 Å². The topological polar surface area (TPSA) is 67.6 Å². The molecule has 2 saturated heterocycles. The van der Waals surface area contributed by atoms with Crippen molar-refractivity contribution in [3.05, 3.63) is 53.4 Å². The summed E-state index contributed by atoms with van der Waals surface area (Å²) in [6.45, 7) is 4.16. The van der Waals surface area contributed by atoms with Gasteiger partial charge in [-0.2, -0.15) is 0 Å². The van der Waals surface area contributed by atoms with Crippen LogP contribution in [-0.2, 0) is 29.0 Å². The number of aromatic nitrogens is 1. The summed E-state index contributed by atoms with van der Waals surface area (Å²) < 4.78 is 10.5. The third-order valence-corrected chi connectivity index (χ3v) is 6.90. The molecule has 1 aromatic carbocycles. The van der Waals surface area contributed by atoms with Gasteiger partial charge in [0.05, 0.1) is 5.69 Å². The fourth-order valence-corrected chi connectivity index (χ4v) is 5.10. The second-order valence-corrected chi connectivity index (χ2v) is 9.15. The van der Waals surface area contributed by atoms with Gasteiger partial charge in [0.25, 0.3) is 0 Å². The molecular weight excluding hydrogens is 390 g/mol. The van der Waals surface area contributed by atoms with Crippen LogP contribution in [0.2, 0.25) is 0 Å². The Morgan fingerprint density at radius 1 is 1.16 bits per heavy atom. The van der Waals surface area contributed by atoms with Crippen molar-refractivity contribution in [2.45, 2.75) is 45.1 Å². The van der Waals surface area contributed by atoms with E-state index in [0.29, 0.717) is 36.7 Å². The number of piperidine rings is 2. The number of amides is 1. The third-order valence-electron chi connectivity index (χ3n) is 6.90. The number of rotatable bonds is 8. The molecule has 2 aliphatic heterocycles. The zero-order valence-electron chi connectivity index (χ0n) is 18.6. The Kier molecular flexibility index (Phi) is 7.76. The molecule has 1 N–H and O–H groups in total. The molecule has 2 atom stereocenters. The van der Waals surface area contributed by atoms with E-state index >= 15 is 0 Å². The number of nitrogens with zero attached hydrogens (tertiary/aromatic N) is 2. The van der Waals surface area contributed by atoms with Crippen molar-refractivity contribution in [3.8, 4) is 0 Å². The lowest BCUT2D eigenvalue weighted by Gasteiger charge is -2.36. The van der Waals surface area contributed by atoms with Crippen LogP contribution in [0.15, 0.2) is 40.9 Å². The summed E-state index contributed by atoms with van der Waals surface area (Å²) in [6, 6.07) is 12.7. The van der Waals surface area contributed by atoms with Crippen molar-refractivity contribution in [1.82, 2.24) is 15.4 Å². The van der Waals surface area contributed by atoms with Crippen molar-refractivity contribution < 1.29 is 14.1 Å². The Bertz CT molecular complexity index is 814. The number of hydrogen-bond donors (Lipinski definition) is 1. The summed E-state index contributed by atoms with van der Waals surface area (Å²) in [4.78, 5) is 15.2. The van der Waals surface area contributed by atoms with Crippen LogP contribution in [0.4, 0.5) is 0 Å². The highest BCUT2D eigenvalue weighted by Crippen LogP contribution is 2.28. The third kappa shape index (κ3) is 6.17. The summed E-state index contributed by atoms with van der Waals surface area (Å²) in [5.41, 5.74) is 2.37. The predicted octanol–water partition coefficient (Wildman–Crippen LogP) is 3.46. The molecule has 6 heteroatoms. The molecule has 1 aromatic heterocycles. The maximum absolute atomic E-state index is 13.1. The van der Waals surface area contributed by atoms with Gasteiger partial charge in [0.1, 0.15) is 6.61 Å². The Morgan fingerprint density at radius 2 is 1.97 bits per heavy atom. The van der Waals surface area contributed by atoms with E-state index in [1.165, 1.54) is 5.56 Å².